The molecule has 2 N–H and O–H groups in total. The molecule has 0 heterocycles. The van der Waals surface area contributed by atoms with Crippen molar-refractivity contribution >= 4 is 23.0 Å². The number of anilines is 1. The van der Waals surface area contributed by atoms with Gasteiger partial charge in [0.05, 0.1) is 12.8 Å². The topological polar surface area (TPSA) is 33.3 Å². The summed E-state index contributed by atoms with van der Waals surface area (Å²) >= 11 is 5.33. The zero-order valence-electron chi connectivity index (χ0n) is 12.6. The fourth-order valence-electron chi connectivity index (χ4n) is 1.97. The standard InChI is InChI=1S/C17H20N2OS/c1-12-4-7-14(8-5-12)11-18-17(21)19-15-10-13(2)6-9-16(15)20-3/h4-10H,11H2,1-3H3,(H2,18,19,21). The van der Waals surface area contributed by atoms with Gasteiger partial charge in [-0.3, -0.25) is 0 Å². The van der Waals surface area contributed by atoms with Crippen LogP contribution in [0.1, 0.15) is 16.7 Å². The van der Waals surface area contributed by atoms with E-state index in [-0.39, 0.29) is 0 Å². The molecule has 2 aromatic carbocycles. The Kier molecular flexibility index (Phi) is 5.17. The Bertz CT molecular complexity index is 623. The van der Waals surface area contributed by atoms with Crippen LogP contribution in [0.2, 0.25) is 0 Å². The molecule has 0 aliphatic carbocycles. The van der Waals surface area contributed by atoms with Gasteiger partial charge >= 0.3 is 0 Å². The predicted molar refractivity (Wildman–Crippen MR) is 92.0 cm³/mol. The molecule has 2 aromatic rings. The highest BCUT2D eigenvalue weighted by Crippen LogP contribution is 2.25. The van der Waals surface area contributed by atoms with Crippen LogP contribution < -0.4 is 15.4 Å². The van der Waals surface area contributed by atoms with Crippen LogP contribution in [0, 0.1) is 13.8 Å². The number of ether oxygens (including phenoxy) is 1. The van der Waals surface area contributed by atoms with E-state index in [0.29, 0.717) is 11.7 Å². The molecule has 3 nitrogen and oxygen atoms in total. The normalized spacial score (nSPS) is 10.0. The Balaban J connectivity index is 1.95. The fraction of sp³-hybridized carbons (Fsp3) is 0.235. The predicted octanol–water partition coefficient (Wildman–Crippen LogP) is 3.80. The molecule has 0 fully saturated rings. The van der Waals surface area contributed by atoms with Gasteiger partial charge in [0.25, 0.3) is 0 Å². The number of nitrogens with one attached hydrogen (secondary N) is 2. The third kappa shape index (κ3) is 4.46. The summed E-state index contributed by atoms with van der Waals surface area (Å²) < 4.78 is 5.33. The lowest BCUT2D eigenvalue weighted by atomic mass is 10.1. The minimum absolute atomic E-state index is 0.583. The minimum atomic E-state index is 0.583. The molecule has 0 saturated heterocycles. The van der Waals surface area contributed by atoms with Crippen LogP contribution in [0.25, 0.3) is 0 Å². The molecule has 0 radical (unpaired) electrons. The van der Waals surface area contributed by atoms with Gasteiger partial charge in [-0.1, -0.05) is 35.9 Å². The summed E-state index contributed by atoms with van der Waals surface area (Å²) in [5, 5.41) is 6.96. The van der Waals surface area contributed by atoms with Crippen molar-refractivity contribution in [2.24, 2.45) is 0 Å². The molecule has 0 spiro atoms. The van der Waals surface area contributed by atoms with Crippen LogP contribution in [0.3, 0.4) is 0 Å². The van der Waals surface area contributed by atoms with E-state index in [9.17, 15) is 0 Å². The summed E-state index contributed by atoms with van der Waals surface area (Å²) in [4.78, 5) is 0. The summed E-state index contributed by atoms with van der Waals surface area (Å²) in [6.07, 6.45) is 0. The Morgan fingerprint density at radius 2 is 1.71 bits per heavy atom. The van der Waals surface area contributed by atoms with Crippen molar-refractivity contribution in [3.63, 3.8) is 0 Å². The Morgan fingerprint density at radius 3 is 2.38 bits per heavy atom. The van der Waals surface area contributed by atoms with E-state index < -0.39 is 0 Å². The highest BCUT2D eigenvalue weighted by Gasteiger charge is 2.05. The highest BCUT2D eigenvalue weighted by molar-refractivity contribution is 7.80. The van der Waals surface area contributed by atoms with Gasteiger partial charge in [-0.2, -0.15) is 0 Å². The van der Waals surface area contributed by atoms with E-state index in [0.717, 1.165) is 17.0 Å². The van der Waals surface area contributed by atoms with Crippen molar-refractivity contribution in [3.05, 3.63) is 59.2 Å². The van der Waals surface area contributed by atoms with Gasteiger partial charge in [-0.05, 0) is 49.3 Å². The highest BCUT2D eigenvalue weighted by atomic mass is 32.1. The van der Waals surface area contributed by atoms with E-state index >= 15 is 0 Å². The maximum atomic E-state index is 5.33. The van der Waals surface area contributed by atoms with Crippen molar-refractivity contribution in [3.8, 4) is 5.75 Å². The molecule has 0 aliphatic heterocycles. The van der Waals surface area contributed by atoms with E-state index in [1.165, 1.54) is 11.1 Å². The average Bonchev–Trinajstić information content (AvgIpc) is 2.47. The number of rotatable bonds is 4. The number of methoxy groups -OCH3 is 1. The first-order valence-corrected chi connectivity index (χ1v) is 7.24. The van der Waals surface area contributed by atoms with Crippen molar-refractivity contribution in [2.75, 3.05) is 12.4 Å². The average molecular weight is 300 g/mol. The van der Waals surface area contributed by atoms with Crippen LogP contribution in [0.4, 0.5) is 5.69 Å². The number of hydrogen-bond donors (Lipinski definition) is 2. The van der Waals surface area contributed by atoms with E-state index in [1.807, 2.05) is 25.1 Å². The molecule has 0 saturated carbocycles. The lowest BCUT2D eigenvalue weighted by Crippen LogP contribution is -2.28. The summed E-state index contributed by atoms with van der Waals surface area (Å²) in [6.45, 7) is 4.81. The third-order valence-corrected chi connectivity index (χ3v) is 3.42. The second kappa shape index (κ2) is 7.09. The van der Waals surface area contributed by atoms with Gasteiger partial charge in [0.15, 0.2) is 5.11 Å². The maximum Gasteiger partial charge on any atom is 0.171 e. The maximum absolute atomic E-state index is 5.33. The van der Waals surface area contributed by atoms with Gasteiger partial charge in [-0.25, -0.2) is 0 Å². The van der Waals surface area contributed by atoms with Gasteiger partial charge in [0.1, 0.15) is 5.75 Å². The van der Waals surface area contributed by atoms with Crippen LogP contribution in [0.15, 0.2) is 42.5 Å². The molecule has 0 bridgehead atoms. The van der Waals surface area contributed by atoms with Gasteiger partial charge in [-0.15, -0.1) is 0 Å². The van der Waals surface area contributed by atoms with E-state index in [2.05, 4.69) is 41.8 Å². The van der Waals surface area contributed by atoms with Crippen LogP contribution >= 0.6 is 12.2 Å². The van der Waals surface area contributed by atoms with Crippen molar-refractivity contribution in [2.45, 2.75) is 20.4 Å². The van der Waals surface area contributed by atoms with E-state index in [4.69, 9.17) is 17.0 Å². The molecule has 21 heavy (non-hydrogen) atoms. The summed E-state index contributed by atoms with van der Waals surface area (Å²) in [6, 6.07) is 14.3. The summed E-state index contributed by atoms with van der Waals surface area (Å²) in [7, 11) is 1.65. The molecule has 0 amide bonds. The van der Waals surface area contributed by atoms with Gasteiger partial charge < -0.3 is 15.4 Å². The lowest BCUT2D eigenvalue weighted by molar-refractivity contribution is 0.417. The van der Waals surface area contributed by atoms with Crippen LogP contribution in [-0.4, -0.2) is 12.2 Å². The molecule has 2 rings (SSSR count). The molecule has 110 valence electrons. The second-order valence-electron chi connectivity index (χ2n) is 5.00. The number of thiocarbonyl (C=S) groups is 1. The Hall–Kier alpha value is -2.07. The van der Waals surface area contributed by atoms with Crippen molar-refractivity contribution in [1.29, 1.82) is 0 Å². The quantitative estimate of drug-likeness (QED) is 0.842. The molecular weight excluding hydrogens is 280 g/mol. The first-order valence-electron chi connectivity index (χ1n) is 6.83. The minimum Gasteiger partial charge on any atom is -0.495 e. The van der Waals surface area contributed by atoms with Crippen LogP contribution in [0.5, 0.6) is 5.75 Å². The first kappa shape index (κ1) is 15.3. The lowest BCUT2D eigenvalue weighted by Gasteiger charge is -2.14. The molecular formula is C17H20N2OS. The SMILES string of the molecule is COc1ccc(C)cc1NC(=S)NCc1ccc(C)cc1. The van der Waals surface area contributed by atoms with Crippen molar-refractivity contribution < 1.29 is 4.74 Å². The van der Waals surface area contributed by atoms with Crippen molar-refractivity contribution in [1.82, 2.24) is 5.32 Å². The Morgan fingerprint density at radius 1 is 1.05 bits per heavy atom. The van der Waals surface area contributed by atoms with Gasteiger partial charge in [0.2, 0.25) is 0 Å². The van der Waals surface area contributed by atoms with Crippen LogP contribution in [-0.2, 0) is 6.54 Å². The summed E-state index contributed by atoms with van der Waals surface area (Å²) in [5.74, 6) is 0.778. The summed E-state index contributed by atoms with van der Waals surface area (Å²) in [5.41, 5.74) is 4.48. The third-order valence-electron chi connectivity index (χ3n) is 3.18. The van der Waals surface area contributed by atoms with Gasteiger partial charge in [0, 0.05) is 6.54 Å². The Labute approximate surface area is 131 Å². The molecule has 0 atom stereocenters. The smallest absolute Gasteiger partial charge is 0.171 e. The molecule has 0 aliphatic rings. The molecule has 0 unspecified atom stereocenters. The number of hydrogen-bond acceptors (Lipinski definition) is 2. The number of benzene rings is 2. The second-order valence-corrected chi connectivity index (χ2v) is 5.41. The fourth-order valence-corrected chi connectivity index (χ4v) is 2.16. The first-order chi connectivity index (χ1) is 10.1. The monoisotopic (exact) mass is 300 g/mol. The zero-order chi connectivity index (χ0) is 15.2. The van der Waals surface area contributed by atoms with E-state index in [1.54, 1.807) is 7.11 Å². The molecule has 4 heteroatoms. The largest absolute Gasteiger partial charge is 0.495 e. The zero-order valence-corrected chi connectivity index (χ0v) is 13.4. The molecule has 0 aromatic heterocycles. The number of aryl methyl sites for hydroxylation is 2.